The third kappa shape index (κ3) is 1.87. The lowest BCUT2D eigenvalue weighted by molar-refractivity contribution is 0.354. The molecule has 0 unspecified atom stereocenters. The van der Waals surface area contributed by atoms with Crippen molar-refractivity contribution in [2.75, 3.05) is 14.2 Å². The van der Waals surface area contributed by atoms with Crippen LogP contribution in [0.4, 0.5) is 0 Å². The van der Waals surface area contributed by atoms with Crippen molar-refractivity contribution in [2.24, 2.45) is 0 Å². The molecule has 11 heavy (non-hydrogen) atoms. The van der Waals surface area contributed by atoms with Crippen LogP contribution < -0.4 is 9.47 Å². The summed E-state index contributed by atoms with van der Waals surface area (Å²) in [6.07, 6.45) is 0. The van der Waals surface area contributed by atoms with Crippen molar-refractivity contribution in [3.8, 4) is 11.5 Å². The third-order valence-corrected chi connectivity index (χ3v) is 1.72. The molecule has 0 amide bonds. The molecule has 0 saturated heterocycles. The van der Waals surface area contributed by atoms with E-state index in [2.05, 4.69) is 22.0 Å². The summed E-state index contributed by atoms with van der Waals surface area (Å²) >= 11 is 3.30. The Hall–Kier alpha value is -0.700. The van der Waals surface area contributed by atoms with Crippen molar-refractivity contribution in [3.05, 3.63) is 22.7 Å². The van der Waals surface area contributed by atoms with Crippen LogP contribution in [0.25, 0.3) is 0 Å². The van der Waals surface area contributed by atoms with Gasteiger partial charge in [-0.15, -0.1) is 0 Å². The summed E-state index contributed by atoms with van der Waals surface area (Å²) < 4.78 is 10.9. The van der Waals surface area contributed by atoms with E-state index in [0.29, 0.717) is 11.5 Å². The van der Waals surface area contributed by atoms with Gasteiger partial charge in [0.25, 0.3) is 0 Å². The topological polar surface area (TPSA) is 18.5 Å². The van der Waals surface area contributed by atoms with Crippen molar-refractivity contribution in [1.29, 1.82) is 0 Å². The maximum Gasteiger partial charge on any atom is 0.168 e. The zero-order chi connectivity index (χ0) is 8.27. The molecule has 59 valence electrons. The summed E-state index contributed by atoms with van der Waals surface area (Å²) in [5.41, 5.74) is 0. The molecule has 0 N–H and O–H groups in total. The number of benzene rings is 1. The zero-order valence-electron chi connectivity index (χ0n) is 6.35. The van der Waals surface area contributed by atoms with E-state index in [4.69, 9.17) is 9.47 Å². The molecular weight excluding hydrogens is 208 g/mol. The van der Waals surface area contributed by atoms with Crippen LogP contribution >= 0.6 is 15.9 Å². The number of hydrogen-bond donors (Lipinski definition) is 0. The first-order valence-electron chi connectivity index (χ1n) is 3.07. The average molecular weight is 216 g/mol. The molecule has 1 rings (SSSR count). The second-order valence-corrected chi connectivity index (χ2v) is 2.84. The van der Waals surface area contributed by atoms with Gasteiger partial charge in [-0.05, 0) is 12.1 Å². The molecule has 2 nitrogen and oxygen atoms in total. The van der Waals surface area contributed by atoms with E-state index in [1.165, 1.54) is 0 Å². The number of halogens is 1. The highest BCUT2D eigenvalue weighted by Gasteiger charge is 2.02. The van der Waals surface area contributed by atoms with Crippen LogP contribution in [0.15, 0.2) is 16.6 Å². The minimum Gasteiger partial charge on any atom is -0.493 e. The van der Waals surface area contributed by atoms with Gasteiger partial charge in [0.05, 0.1) is 14.2 Å². The Labute approximate surface area is 74.3 Å². The Morgan fingerprint density at radius 3 is 2.64 bits per heavy atom. The molecule has 0 aliphatic rings. The van der Waals surface area contributed by atoms with Crippen molar-refractivity contribution >= 4 is 15.9 Å². The van der Waals surface area contributed by atoms with Crippen LogP contribution in [0, 0.1) is 6.07 Å². The fourth-order valence-corrected chi connectivity index (χ4v) is 1.07. The molecule has 0 heterocycles. The summed E-state index contributed by atoms with van der Waals surface area (Å²) in [7, 11) is 3.18. The molecule has 1 radical (unpaired) electrons. The lowest BCUT2D eigenvalue weighted by Crippen LogP contribution is -1.89. The standard InChI is InChI=1S/C8H8BrO2/c1-10-7-4-3-6(9)5-8(7)11-2/h3,5H,1-2H3. The molecule has 0 aliphatic heterocycles. The third-order valence-electron chi connectivity index (χ3n) is 1.26. The number of rotatable bonds is 2. The van der Waals surface area contributed by atoms with Crippen molar-refractivity contribution < 1.29 is 9.47 Å². The van der Waals surface area contributed by atoms with Crippen LogP contribution in [0.1, 0.15) is 0 Å². The van der Waals surface area contributed by atoms with Gasteiger partial charge in [-0.25, -0.2) is 0 Å². The lowest BCUT2D eigenvalue weighted by atomic mass is 10.3. The molecular formula is C8H8BrO2. The van der Waals surface area contributed by atoms with Crippen LogP contribution in [0.5, 0.6) is 11.5 Å². The largest absolute Gasteiger partial charge is 0.493 e. The Bertz CT molecular complexity index is 248. The van der Waals surface area contributed by atoms with E-state index in [0.717, 1.165) is 4.47 Å². The maximum absolute atomic E-state index is 5.03. The second kappa shape index (κ2) is 3.62. The highest BCUT2D eigenvalue weighted by Crippen LogP contribution is 2.28. The molecule has 0 aromatic heterocycles. The Morgan fingerprint density at radius 2 is 2.09 bits per heavy atom. The SMILES string of the molecule is COc1[c]cc(Br)cc1OC. The summed E-state index contributed by atoms with van der Waals surface area (Å²) in [5.74, 6) is 1.30. The summed E-state index contributed by atoms with van der Waals surface area (Å²) in [6, 6.07) is 6.52. The molecule has 1 aromatic carbocycles. The predicted octanol–water partition coefficient (Wildman–Crippen LogP) is 2.27. The number of ether oxygens (including phenoxy) is 2. The quantitative estimate of drug-likeness (QED) is 0.754. The summed E-state index contributed by atoms with van der Waals surface area (Å²) in [4.78, 5) is 0. The first kappa shape index (κ1) is 8.40. The van der Waals surface area contributed by atoms with E-state index >= 15 is 0 Å². The molecule has 0 bridgehead atoms. The van der Waals surface area contributed by atoms with Gasteiger partial charge in [0.15, 0.2) is 11.5 Å². The Morgan fingerprint density at radius 1 is 1.36 bits per heavy atom. The molecule has 1 aromatic rings. The fraction of sp³-hybridized carbons (Fsp3) is 0.250. The van der Waals surface area contributed by atoms with Crippen LogP contribution in [-0.2, 0) is 0 Å². The van der Waals surface area contributed by atoms with Gasteiger partial charge >= 0.3 is 0 Å². The van der Waals surface area contributed by atoms with Gasteiger partial charge in [-0.1, -0.05) is 15.9 Å². The molecule has 0 saturated carbocycles. The van der Waals surface area contributed by atoms with Crippen LogP contribution in [0.2, 0.25) is 0 Å². The molecule has 3 heteroatoms. The van der Waals surface area contributed by atoms with Gasteiger partial charge in [-0.2, -0.15) is 0 Å². The smallest absolute Gasteiger partial charge is 0.168 e. The van der Waals surface area contributed by atoms with Crippen LogP contribution in [-0.4, -0.2) is 14.2 Å². The van der Waals surface area contributed by atoms with Gasteiger partial charge < -0.3 is 9.47 Å². The number of methoxy groups -OCH3 is 2. The molecule has 0 atom stereocenters. The monoisotopic (exact) mass is 215 g/mol. The summed E-state index contributed by atoms with van der Waals surface area (Å²) in [6.45, 7) is 0. The normalized spacial score (nSPS) is 9.36. The van der Waals surface area contributed by atoms with Gasteiger partial charge in [0.2, 0.25) is 0 Å². The van der Waals surface area contributed by atoms with Crippen molar-refractivity contribution in [3.63, 3.8) is 0 Å². The van der Waals surface area contributed by atoms with E-state index < -0.39 is 0 Å². The van der Waals surface area contributed by atoms with E-state index in [9.17, 15) is 0 Å². The van der Waals surface area contributed by atoms with E-state index in [-0.39, 0.29) is 0 Å². The lowest BCUT2D eigenvalue weighted by Gasteiger charge is -2.05. The predicted molar refractivity (Wildman–Crippen MR) is 46.1 cm³/mol. The van der Waals surface area contributed by atoms with Crippen molar-refractivity contribution in [1.82, 2.24) is 0 Å². The first-order valence-corrected chi connectivity index (χ1v) is 3.86. The maximum atomic E-state index is 5.03. The highest BCUT2D eigenvalue weighted by molar-refractivity contribution is 9.10. The van der Waals surface area contributed by atoms with E-state index in [1.54, 1.807) is 20.3 Å². The summed E-state index contributed by atoms with van der Waals surface area (Å²) in [5, 5.41) is 0. The number of hydrogen-bond acceptors (Lipinski definition) is 2. The Balaban J connectivity index is 3.06. The molecule has 0 fully saturated rings. The molecule has 0 spiro atoms. The van der Waals surface area contributed by atoms with Gasteiger partial charge in [-0.3, -0.25) is 0 Å². The van der Waals surface area contributed by atoms with Crippen molar-refractivity contribution in [2.45, 2.75) is 0 Å². The Kier molecular flexibility index (Phi) is 2.76. The second-order valence-electron chi connectivity index (χ2n) is 1.92. The minimum absolute atomic E-state index is 0.621. The highest BCUT2D eigenvalue weighted by atomic mass is 79.9. The molecule has 0 aliphatic carbocycles. The van der Waals surface area contributed by atoms with Gasteiger partial charge in [0.1, 0.15) is 0 Å². The first-order chi connectivity index (χ1) is 5.27. The average Bonchev–Trinajstić information content (AvgIpc) is 2.04. The minimum atomic E-state index is 0.621. The fourth-order valence-electron chi connectivity index (χ4n) is 0.749. The van der Waals surface area contributed by atoms with E-state index in [1.807, 2.05) is 6.07 Å². The van der Waals surface area contributed by atoms with Crippen LogP contribution in [0.3, 0.4) is 0 Å². The zero-order valence-corrected chi connectivity index (χ0v) is 7.94. The van der Waals surface area contributed by atoms with Gasteiger partial charge in [0, 0.05) is 10.5 Å².